The smallest absolute Gasteiger partial charge is 0.418 e. The van der Waals surface area contributed by atoms with Gasteiger partial charge >= 0.3 is 14.0 Å². The zero-order valence-corrected chi connectivity index (χ0v) is 32.0. The average Bonchev–Trinajstić information content (AvgIpc) is 3.96. The van der Waals surface area contributed by atoms with Gasteiger partial charge in [0.05, 0.1) is 0 Å². The summed E-state index contributed by atoms with van der Waals surface area (Å²) in [5.41, 5.74) is 16.3. The van der Waals surface area contributed by atoms with E-state index in [2.05, 4.69) is 182 Å². The van der Waals surface area contributed by atoms with Crippen LogP contribution in [-0.4, -0.2) is 28.1 Å². The molecule has 4 heterocycles. The van der Waals surface area contributed by atoms with Crippen LogP contribution in [0.15, 0.2) is 142 Å². The first-order valence-electron chi connectivity index (χ1n) is 19.2. The SMILES string of the molecule is Cc1ccc(N2B(c3ccc4c(c3)C(C)(C)c3cc(B5N(C)c6oc7ccccc7c6N5c5ccc(C)cc5)ccc3-4)N(C)c3oc4ccccc4c32)cc1. The van der Waals surface area contributed by atoms with E-state index < -0.39 is 0 Å². The van der Waals surface area contributed by atoms with Gasteiger partial charge in [-0.25, -0.2) is 0 Å². The number of hydrogen-bond donors (Lipinski definition) is 0. The molecule has 266 valence electrons. The minimum absolute atomic E-state index is 0.0759. The van der Waals surface area contributed by atoms with Crippen molar-refractivity contribution in [1.82, 2.24) is 0 Å². The van der Waals surface area contributed by atoms with Gasteiger partial charge in [0.2, 0.25) is 11.8 Å². The second kappa shape index (κ2) is 11.4. The number of rotatable bonds is 4. The maximum Gasteiger partial charge on any atom is 0.418 e. The van der Waals surface area contributed by atoms with Gasteiger partial charge in [-0.15, -0.1) is 0 Å². The molecule has 3 aliphatic rings. The van der Waals surface area contributed by atoms with Crippen molar-refractivity contribution in [3.8, 4) is 11.1 Å². The van der Waals surface area contributed by atoms with Crippen LogP contribution in [0.2, 0.25) is 0 Å². The van der Waals surface area contributed by atoms with Gasteiger partial charge in [-0.1, -0.05) is 110 Å². The van der Waals surface area contributed by atoms with Gasteiger partial charge in [-0.2, -0.15) is 0 Å². The van der Waals surface area contributed by atoms with Crippen LogP contribution in [0.25, 0.3) is 33.1 Å². The lowest BCUT2D eigenvalue weighted by Gasteiger charge is -2.30. The first kappa shape index (κ1) is 32.2. The molecular weight excluding hydrogens is 674 g/mol. The highest BCUT2D eigenvalue weighted by Crippen LogP contribution is 2.52. The first-order chi connectivity index (χ1) is 26.7. The van der Waals surface area contributed by atoms with Gasteiger partial charge < -0.3 is 28.1 Å². The number of benzene rings is 6. The Hall–Kier alpha value is -6.27. The van der Waals surface area contributed by atoms with E-state index in [1.54, 1.807) is 0 Å². The standard InChI is InChI=1S/C47H40B2N4O2/c1-29-15-21-33(22-16-29)52-43-37-11-7-9-13-41(37)54-45(43)50(5)48(52)31-19-25-35-36-26-20-32(28-40(36)47(3,4)39(35)27-31)49-51(6)46-44(38-12-8-10-14-42(38)55-46)53(49)34-23-17-30(2)18-24-34/h7-28H,1-6H3. The maximum atomic E-state index is 6.56. The Kier molecular flexibility index (Phi) is 6.66. The van der Waals surface area contributed by atoms with Gasteiger partial charge in [0.25, 0.3) is 0 Å². The summed E-state index contributed by atoms with van der Waals surface area (Å²) in [6.07, 6.45) is 0. The fraction of sp³-hybridized carbons (Fsp3) is 0.149. The molecule has 0 unspecified atom stereocenters. The Morgan fingerprint density at radius 2 is 0.891 bits per heavy atom. The van der Waals surface area contributed by atoms with Gasteiger partial charge in [0.15, 0.2) is 0 Å². The van der Waals surface area contributed by atoms with Crippen molar-refractivity contribution in [3.63, 3.8) is 0 Å². The summed E-state index contributed by atoms with van der Waals surface area (Å²) in [5.74, 6) is 1.79. The Balaban J connectivity index is 1.01. The third kappa shape index (κ3) is 4.45. The third-order valence-electron chi connectivity index (χ3n) is 12.4. The number of furan rings is 2. The summed E-state index contributed by atoms with van der Waals surface area (Å²) in [6.45, 7) is 8.89. The molecule has 0 amide bonds. The van der Waals surface area contributed by atoms with Crippen molar-refractivity contribution in [2.24, 2.45) is 0 Å². The predicted octanol–water partition coefficient (Wildman–Crippen LogP) is 10.1. The Morgan fingerprint density at radius 1 is 0.491 bits per heavy atom. The first-order valence-corrected chi connectivity index (χ1v) is 19.2. The molecule has 55 heavy (non-hydrogen) atoms. The fourth-order valence-corrected chi connectivity index (χ4v) is 9.59. The molecule has 0 radical (unpaired) electrons. The number of para-hydroxylation sites is 2. The monoisotopic (exact) mass is 714 g/mol. The van der Waals surface area contributed by atoms with E-state index in [9.17, 15) is 0 Å². The van der Waals surface area contributed by atoms with Crippen LogP contribution in [0.1, 0.15) is 36.1 Å². The molecule has 8 heteroatoms. The van der Waals surface area contributed by atoms with Crippen molar-refractivity contribution < 1.29 is 8.83 Å². The molecule has 0 fully saturated rings. The lowest BCUT2D eigenvalue weighted by atomic mass is 9.63. The topological polar surface area (TPSA) is 39.2 Å². The highest BCUT2D eigenvalue weighted by atomic mass is 16.4. The fourth-order valence-electron chi connectivity index (χ4n) is 9.59. The van der Waals surface area contributed by atoms with E-state index in [0.717, 1.165) is 56.5 Å². The van der Waals surface area contributed by atoms with Crippen molar-refractivity contribution >= 4 is 81.3 Å². The number of aryl methyl sites for hydroxylation is 2. The van der Waals surface area contributed by atoms with Gasteiger partial charge in [-0.05, 0) is 110 Å². The van der Waals surface area contributed by atoms with Crippen molar-refractivity contribution in [2.75, 3.05) is 33.3 Å². The maximum absolute atomic E-state index is 6.56. The number of fused-ring (bicyclic) bond motifs is 9. The zero-order chi connectivity index (χ0) is 37.3. The van der Waals surface area contributed by atoms with Crippen LogP contribution >= 0.6 is 0 Å². The number of anilines is 6. The summed E-state index contributed by atoms with van der Waals surface area (Å²) in [7, 11) is 4.32. The Bertz CT molecular complexity index is 2650. The summed E-state index contributed by atoms with van der Waals surface area (Å²) in [6, 6.07) is 48.7. The van der Waals surface area contributed by atoms with Crippen molar-refractivity contribution in [1.29, 1.82) is 0 Å². The second-order valence-corrected chi connectivity index (χ2v) is 16.1. The summed E-state index contributed by atoms with van der Waals surface area (Å²) < 4.78 is 13.1. The molecule has 2 aliphatic heterocycles. The molecule has 8 aromatic rings. The van der Waals surface area contributed by atoms with Crippen LogP contribution in [0, 0.1) is 13.8 Å². The van der Waals surface area contributed by atoms with E-state index >= 15 is 0 Å². The van der Waals surface area contributed by atoms with Gasteiger partial charge in [0, 0.05) is 27.6 Å². The molecule has 0 saturated carbocycles. The van der Waals surface area contributed by atoms with Crippen LogP contribution < -0.4 is 30.2 Å². The molecule has 6 aromatic carbocycles. The minimum Gasteiger partial charge on any atom is -0.439 e. The molecule has 2 aromatic heterocycles. The van der Waals surface area contributed by atoms with E-state index in [1.807, 2.05) is 12.1 Å². The molecule has 1 aliphatic carbocycles. The molecule has 0 saturated heterocycles. The quantitative estimate of drug-likeness (QED) is 0.169. The average molecular weight is 714 g/mol. The molecule has 6 nitrogen and oxygen atoms in total. The van der Waals surface area contributed by atoms with Crippen LogP contribution in [-0.2, 0) is 5.41 Å². The van der Waals surface area contributed by atoms with E-state index in [-0.39, 0.29) is 19.4 Å². The number of nitrogens with zero attached hydrogens (tertiary/aromatic N) is 4. The number of hydrogen-bond acceptors (Lipinski definition) is 6. The Labute approximate surface area is 322 Å². The molecular formula is C47H40B2N4O2. The molecule has 0 bridgehead atoms. The van der Waals surface area contributed by atoms with Crippen molar-refractivity contribution in [3.05, 3.63) is 156 Å². The highest BCUT2D eigenvalue weighted by Gasteiger charge is 2.48. The Morgan fingerprint density at radius 3 is 1.31 bits per heavy atom. The minimum atomic E-state index is -0.229. The highest BCUT2D eigenvalue weighted by molar-refractivity contribution is 6.84. The second-order valence-electron chi connectivity index (χ2n) is 16.1. The van der Waals surface area contributed by atoms with Crippen LogP contribution in [0.4, 0.5) is 34.5 Å². The summed E-state index contributed by atoms with van der Waals surface area (Å²) in [4.78, 5) is 9.51. The summed E-state index contributed by atoms with van der Waals surface area (Å²) >= 11 is 0. The normalized spacial score (nSPS) is 15.4. The van der Waals surface area contributed by atoms with E-state index in [4.69, 9.17) is 8.83 Å². The molecule has 0 spiro atoms. The van der Waals surface area contributed by atoms with Crippen molar-refractivity contribution in [2.45, 2.75) is 33.1 Å². The van der Waals surface area contributed by atoms with E-state index in [0.29, 0.717) is 0 Å². The van der Waals surface area contributed by atoms with Gasteiger partial charge in [0.1, 0.15) is 22.5 Å². The third-order valence-corrected chi connectivity index (χ3v) is 12.4. The van der Waals surface area contributed by atoms with E-state index in [1.165, 1.54) is 44.3 Å². The predicted molar refractivity (Wildman–Crippen MR) is 231 cm³/mol. The molecule has 0 N–H and O–H groups in total. The molecule has 0 atom stereocenters. The summed E-state index contributed by atoms with van der Waals surface area (Å²) in [5, 5.41) is 2.25. The molecule has 11 rings (SSSR count). The lowest BCUT2D eigenvalue weighted by molar-refractivity contribution is 0.623. The lowest BCUT2D eigenvalue weighted by Crippen LogP contribution is -2.54. The van der Waals surface area contributed by atoms with Gasteiger partial charge in [-0.3, -0.25) is 0 Å². The zero-order valence-electron chi connectivity index (χ0n) is 32.0. The van der Waals surface area contributed by atoms with Crippen LogP contribution in [0.5, 0.6) is 0 Å². The largest absolute Gasteiger partial charge is 0.439 e. The van der Waals surface area contributed by atoms with Crippen LogP contribution in [0.3, 0.4) is 0 Å².